The van der Waals surface area contributed by atoms with Gasteiger partial charge in [0.15, 0.2) is 0 Å². The Hall–Kier alpha value is -1.68. The lowest BCUT2D eigenvalue weighted by Gasteiger charge is -2.29. The van der Waals surface area contributed by atoms with Crippen molar-refractivity contribution in [2.24, 2.45) is 0 Å². The Kier molecular flexibility index (Phi) is 3.34. The summed E-state index contributed by atoms with van der Waals surface area (Å²) >= 11 is 1.79. The highest BCUT2D eigenvalue weighted by molar-refractivity contribution is 7.10. The molecule has 2 heterocycles. The monoisotopic (exact) mass is 274 g/mol. The van der Waals surface area contributed by atoms with Gasteiger partial charge in [0.2, 0.25) is 0 Å². The summed E-state index contributed by atoms with van der Waals surface area (Å²) in [6.07, 6.45) is 0.184. The van der Waals surface area contributed by atoms with E-state index in [1.165, 1.54) is 4.88 Å². The minimum atomic E-state index is 0.184. The molecule has 19 heavy (non-hydrogen) atoms. The Morgan fingerprint density at radius 1 is 1.26 bits per heavy atom. The fourth-order valence-corrected chi connectivity index (χ4v) is 3.07. The molecule has 1 atom stereocenters. The van der Waals surface area contributed by atoms with Gasteiger partial charge in [0, 0.05) is 11.4 Å². The number of rotatable bonds is 3. The van der Waals surface area contributed by atoms with E-state index in [0.29, 0.717) is 6.04 Å². The summed E-state index contributed by atoms with van der Waals surface area (Å²) in [5, 5.41) is 9.19. The van der Waals surface area contributed by atoms with Crippen molar-refractivity contribution >= 4 is 22.7 Å². The van der Waals surface area contributed by atoms with Gasteiger partial charge < -0.3 is 15.4 Å². The predicted molar refractivity (Wildman–Crippen MR) is 81.4 cm³/mol. The summed E-state index contributed by atoms with van der Waals surface area (Å²) in [7, 11) is 0. The van der Waals surface area contributed by atoms with Gasteiger partial charge in [0.1, 0.15) is 11.4 Å². The van der Waals surface area contributed by atoms with E-state index in [4.69, 9.17) is 4.74 Å². The summed E-state index contributed by atoms with van der Waals surface area (Å²) in [5.41, 5.74) is 2.19. The predicted octanol–water partition coefficient (Wildman–Crippen LogP) is 4.11. The van der Waals surface area contributed by atoms with Gasteiger partial charge in [0.25, 0.3) is 0 Å². The standard InChI is InChI=1S/C15H18N2OS/c1-10(2)18-13-6-3-5-11-15(13)16-9-12(17-11)14-7-4-8-19-14/h3-8,10,12,16-17H,9H2,1-2H3. The van der Waals surface area contributed by atoms with Gasteiger partial charge in [-0.3, -0.25) is 0 Å². The Bertz CT molecular complexity index is 551. The minimum Gasteiger partial charge on any atom is -0.489 e. The van der Waals surface area contributed by atoms with E-state index in [0.717, 1.165) is 23.7 Å². The normalized spacial score (nSPS) is 17.5. The van der Waals surface area contributed by atoms with E-state index in [2.05, 4.69) is 34.2 Å². The van der Waals surface area contributed by atoms with Crippen molar-refractivity contribution in [1.29, 1.82) is 0 Å². The molecule has 100 valence electrons. The zero-order valence-electron chi connectivity index (χ0n) is 11.1. The third-order valence-electron chi connectivity index (χ3n) is 3.09. The van der Waals surface area contributed by atoms with Crippen molar-refractivity contribution in [3.63, 3.8) is 0 Å². The average Bonchev–Trinajstić information content (AvgIpc) is 2.91. The number of nitrogens with one attached hydrogen (secondary N) is 2. The van der Waals surface area contributed by atoms with Crippen LogP contribution in [-0.2, 0) is 0 Å². The molecule has 4 heteroatoms. The molecule has 0 bridgehead atoms. The molecule has 2 aromatic rings. The molecule has 1 aromatic heterocycles. The molecule has 0 saturated carbocycles. The molecule has 1 unspecified atom stereocenters. The maximum absolute atomic E-state index is 5.84. The molecule has 0 aliphatic carbocycles. The van der Waals surface area contributed by atoms with Crippen molar-refractivity contribution in [2.45, 2.75) is 26.0 Å². The lowest BCUT2D eigenvalue weighted by atomic mass is 10.1. The fraction of sp³-hybridized carbons (Fsp3) is 0.333. The Balaban J connectivity index is 1.86. The molecule has 3 rings (SSSR count). The number of hydrogen-bond acceptors (Lipinski definition) is 4. The molecule has 0 radical (unpaired) electrons. The molecule has 0 fully saturated rings. The van der Waals surface area contributed by atoms with Crippen molar-refractivity contribution in [3.05, 3.63) is 40.6 Å². The summed E-state index contributed by atoms with van der Waals surface area (Å²) in [5.74, 6) is 0.921. The summed E-state index contributed by atoms with van der Waals surface area (Å²) in [6.45, 7) is 4.97. The second-order valence-electron chi connectivity index (χ2n) is 4.94. The zero-order valence-corrected chi connectivity index (χ0v) is 12.0. The third-order valence-corrected chi connectivity index (χ3v) is 4.07. The third kappa shape index (κ3) is 2.54. The number of thiophene rings is 1. The number of para-hydroxylation sites is 1. The highest BCUT2D eigenvalue weighted by atomic mass is 32.1. The molecule has 2 N–H and O–H groups in total. The molecule has 1 aliphatic heterocycles. The minimum absolute atomic E-state index is 0.184. The van der Waals surface area contributed by atoms with Crippen LogP contribution in [0.15, 0.2) is 35.7 Å². The number of benzene rings is 1. The maximum Gasteiger partial charge on any atom is 0.144 e. The molecule has 0 amide bonds. The largest absolute Gasteiger partial charge is 0.489 e. The Labute approximate surface area is 117 Å². The van der Waals surface area contributed by atoms with Gasteiger partial charge >= 0.3 is 0 Å². The van der Waals surface area contributed by atoms with E-state index in [9.17, 15) is 0 Å². The second-order valence-corrected chi connectivity index (χ2v) is 5.92. The SMILES string of the molecule is CC(C)Oc1cccc2c1NCC(c1cccs1)N2. The average molecular weight is 274 g/mol. The summed E-state index contributed by atoms with van der Waals surface area (Å²) in [6, 6.07) is 10.7. The second kappa shape index (κ2) is 5.13. The summed E-state index contributed by atoms with van der Waals surface area (Å²) in [4.78, 5) is 1.35. The van der Waals surface area contributed by atoms with Crippen LogP contribution in [0.2, 0.25) is 0 Å². The van der Waals surface area contributed by atoms with Crippen LogP contribution in [0.3, 0.4) is 0 Å². The van der Waals surface area contributed by atoms with Crippen LogP contribution in [0.4, 0.5) is 11.4 Å². The molecular weight excluding hydrogens is 256 g/mol. The first-order chi connectivity index (χ1) is 9.24. The van der Waals surface area contributed by atoms with E-state index < -0.39 is 0 Å². The van der Waals surface area contributed by atoms with Gasteiger partial charge in [-0.25, -0.2) is 0 Å². The summed E-state index contributed by atoms with van der Waals surface area (Å²) < 4.78 is 5.84. The van der Waals surface area contributed by atoms with Crippen LogP contribution < -0.4 is 15.4 Å². The topological polar surface area (TPSA) is 33.3 Å². The van der Waals surface area contributed by atoms with E-state index in [1.807, 2.05) is 26.0 Å². The highest BCUT2D eigenvalue weighted by Gasteiger charge is 2.22. The number of hydrogen-bond donors (Lipinski definition) is 2. The lowest BCUT2D eigenvalue weighted by Crippen LogP contribution is -2.25. The molecule has 1 aromatic carbocycles. The Morgan fingerprint density at radius 3 is 2.89 bits per heavy atom. The first-order valence-corrected chi connectivity index (χ1v) is 7.45. The van der Waals surface area contributed by atoms with Gasteiger partial charge in [-0.15, -0.1) is 11.3 Å². The quantitative estimate of drug-likeness (QED) is 0.883. The van der Waals surface area contributed by atoms with Gasteiger partial charge in [-0.05, 0) is 37.4 Å². The molecule has 0 spiro atoms. The van der Waals surface area contributed by atoms with Crippen LogP contribution in [-0.4, -0.2) is 12.6 Å². The van der Waals surface area contributed by atoms with Crippen LogP contribution in [0.25, 0.3) is 0 Å². The van der Waals surface area contributed by atoms with Crippen molar-refractivity contribution in [2.75, 3.05) is 17.2 Å². The maximum atomic E-state index is 5.84. The van der Waals surface area contributed by atoms with Gasteiger partial charge in [-0.1, -0.05) is 12.1 Å². The van der Waals surface area contributed by atoms with E-state index in [1.54, 1.807) is 11.3 Å². The van der Waals surface area contributed by atoms with E-state index >= 15 is 0 Å². The number of anilines is 2. The van der Waals surface area contributed by atoms with Crippen molar-refractivity contribution in [1.82, 2.24) is 0 Å². The lowest BCUT2D eigenvalue weighted by molar-refractivity contribution is 0.243. The molecular formula is C15H18N2OS. The zero-order chi connectivity index (χ0) is 13.2. The highest BCUT2D eigenvalue weighted by Crippen LogP contribution is 2.39. The Morgan fingerprint density at radius 2 is 2.16 bits per heavy atom. The number of fused-ring (bicyclic) bond motifs is 1. The smallest absolute Gasteiger partial charge is 0.144 e. The van der Waals surface area contributed by atoms with E-state index in [-0.39, 0.29) is 6.10 Å². The van der Waals surface area contributed by atoms with Crippen molar-refractivity contribution in [3.8, 4) is 5.75 Å². The number of ether oxygens (including phenoxy) is 1. The van der Waals surface area contributed by atoms with Crippen LogP contribution in [0, 0.1) is 0 Å². The van der Waals surface area contributed by atoms with Gasteiger partial charge in [0.05, 0.1) is 17.8 Å². The fourth-order valence-electron chi connectivity index (χ4n) is 2.29. The van der Waals surface area contributed by atoms with Crippen molar-refractivity contribution < 1.29 is 4.74 Å². The van der Waals surface area contributed by atoms with Crippen LogP contribution in [0.1, 0.15) is 24.8 Å². The van der Waals surface area contributed by atoms with Crippen LogP contribution >= 0.6 is 11.3 Å². The van der Waals surface area contributed by atoms with Gasteiger partial charge in [-0.2, -0.15) is 0 Å². The first-order valence-electron chi connectivity index (χ1n) is 6.57. The molecule has 3 nitrogen and oxygen atoms in total. The molecule has 0 saturated heterocycles. The van der Waals surface area contributed by atoms with Crippen LogP contribution in [0.5, 0.6) is 5.75 Å². The molecule has 1 aliphatic rings. The first kappa shape index (κ1) is 12.4.